The van der Waals surface area contributed by atoms with Gasteiger partial charge in [0.05, 0.1) is 12.0 Å². The van der Waals surface area contributed by atoms with Crippen molar-refractivity contribution in [2.75, 3.05) is 46.5 Å². The number of ether oxygens (including phenoxy) is 3. The normalized spacial score (nSPS) is 16.9. The third-order valence-electron chi connectivity index (χ3n) is 5.49. The fourth-order valence-electron chi connectivity index (χ4n) is 3.73. The lowest BCUT2D eigenvalue weighted by Gasteiger charge is -2.33. The maximum atomic E-state index is 13.1. The summed E-state index contributed by atoms with van der Waals surface area (Å²) < 4.78 is 43.8. The van der Waals surface area contributed by atoms with E-state index in [1.165, 1.54) is 22.5 Å². The summed E-state index contributed by atoms with van der Waals surface area (Å²) in [4.78, 5) is 14.5. The van der Waals surface area contributed by atoms with E-state index in [1.807, 2.05) is 25.1 Å². The predicted octanol–water partition coefficient (Wildman–Crippen LogP) is 2.32. The molecule has 2 aromatic carbocycles. The third-order valence-corrected chi connectivity index (χ3v) is 7.39. The predicted molar refractivity (Wildman–Crippen MR) is 120 cm³/mol. The molecular formula is C23H26N2O6S. The van der Waals surface area contributed by atoms with Crippen molar-refractivity contribution in [1.82, 2.24) is 9.21 Å². The zero-order valence-electron chi connectivity index (χ0n) is 18.1. The first kappa shape index (κ1) is 22.2. The molecule has 4 rings (SSSR count). The first-order chi connectivity index (χ1) is 15.4. The van der Waals surface area contributed by atoms with Gasteiger partial charge in [-0.05, 0) is 37.3 Å². The molecule has 9 heteroatoms. The molecule has 0 bridgehead atoms. The van der Waals surface area contributed by atoms with Crippen molar-refractivity contribution in [3.8, 4) is 17.2 Å². The lowest BCUT2D eigenvalue weighted by molar-refractivity contribution is -0.127. The number of nitrogens with zero attached hydrogens (tertiary/aromatic N) is 2. The molecule has 0 N–H and O–H groups in total. The SMILES string of the molecule is COc1ccc(C)cc1/C=C/C(=O)N1CCN(S(=O)(=O)c2ccc3c(c2)OCCO3)CC1. The Hall–Kier alpha value is -3.04. The van der Waals surface area contributed by atoms with Gasteiger partial charge >= 0.3 is 0 Å². The number of aryl methyl sites for hydroxylation is 1. The molecule has 0 aliphatic carbocycles. The molecule has 2 aromatic rings. The van der Waals surface area contributed by atoms with Crippen LogP contribution in [0.25, 0.3) is 6.08 Å². The zero-order valence-corrected chi connectivity index (χ0v) is 18.9. The van der Waals surface area contributed by atoms with Gasteiger partial charge in [-0.15, -0.1) is 0 Å². The highest BCUT2D eigenvalue weighted by Gasteiger charge is 2.30. The molecule has 32 heavy (non-hydrogen) atoms. The van der Waals surface area contributed by atoms with Crippen molar-refractivity contribution in [2.45, 2.75) is 11.8 Å². The maximum absolute atomic E-state index is 13.1. The number of sulfonamides is 1. The number of methoxy groups -OCH3 is 1. The highest BCUT2D eigenvalue weighted by molar-refractivity contribution is 7.89. The minimum atomic E-state index is -3.69. The van der Waals surface area contributed by atoms with Crippen molar-refractivity contribution in [2.24, 2.45) is 0 Å². The summed E-state index contributed by atoms with van der Waals surface area (Å²) in [6.07, 6.45) is 3.23. The fourth-order valence-corrected chi connectivity index (χ4v) is 5.17. The highest BCUT2D eigenvalue weighted by Crippen LogP contribution is 2.33. The third kappa shape index (κ3) is 4.58. The van der Waals surface area contributed by atoms with Crippen LogP contribution in [-0.4, -0.2) is 70.0 Å². The molecule has 0 unspecified atom stereocenters. The largest absolute Gasteiger partial charge is 0.496 e. The average molecular weight is 459 g/mol. The quantitative estimate of drug-likeness (QED) is 0.640. The molecule has 2 aliphatic heterocycles. The van der Waals surface area contributed by atoms with Gasteiger partial charge in [-0.1, -0.05) is 11.6 Å². The summed E-state index contributed by atoms with van der Waals surface area (Å²) in [7, 11) is -2.10. The van der Waals surface area contributed by atoms with Crippen LogP contribution >= 0.6 is 0 Å². The first-order valence-corrected chi connectivity index (χ1v) is 11.8. The lowest BCUT2D eigenvalue weighted by Crippen LogP contribution is -2.50. The number of rotatable bonds is 5. The van der Waals surface area contributed by atoms with Crippen LogP contribution in [0.2, 0.25) is 0 Å². The van der Waals surface area contributed by atoms with E-state index in [-0.39, 0.29) is 23.9 Å². The summed E-state index contributed by atoms with van der Waals surface area (Å²) in [5.74, 6) is 1.51. The van der Waals surface area contributed by atoms with Gasteiger partial charge in [0.25, 0.3) is 0 Å². The van der Waals surface area contributed by atoms with Crippen molar-refractivity contribution in [3.05, 3.63) is 53.6 Å². The van der Waals surface area contributed by atoms with Crippen molar-refractivity contribution in [3.63, 3.8) is 0 Å². The molecule has 2 heterocycles. The summed E-state index contributed by atoms with van der Waals surface area (Å²) >= 11 is 0. The Morgan fingerprint density at radius 2 is 1.72 bits per heavy atom. The smallest absolute Gasteiger partial charge is 0.246 e. The second kappa shape index (κ2) is 9.22. The van der Waals surface area contributed by atoms with Crippen LogP contribution in [0.4, 0.5) is 0 Å². The van der Waals surface area contributed by atoms with Gasteiger partial charge in [0.15, 0.2) is 11.5 Å². The molecule has 1 saturated heterocycles. The molecule has 1 fully saturated rings. The monoisotopic (exact) mass is 458 g/mol. The summed E-state index contributed by atoms with van der Waals surface area (Å²) in [6.45, 7) is 3.89. The van der Waals surface area contributed by atoms with Gasteiger partial charge in [0.2, 0.25) is 15.9 Å². The number of piperazine rings is 1. The Labute approximate surface area is 188 Å². The van der Waals surface area contributed by atoms with Crippen LogP contribution in [0.3, 0.4) is 0 Å². The van der Waals surface area contributed by atoms with E-state index in [4.69, 9.17) is 14.2 Å². The van der Waals surface area contributed by atoms with E-state index < -0.39 is 10.0 Å². The summed E-state index contributed by atoms with van der Waals surface area (Å²) in [5, 5.41) is 0. The molecule has 0 saturated carbocycles. The Morgan fingerprint density at radius 1 is 1.00 bits per heavy atom. The zero-order chi connectivity index (χ0) is 22.7. The van der Waals surface area contributed by atoms with E-state index in [2.05, 4.69) is 0 Å². The number of amides is 1. The van der Waals surface area contributed by atoms with Gasteiger partial charge in [0, 0.05) is 43.9 Å². The molecule has 8 nitrogen and oxygen atoms in total. The van der Waals surface area contributed by atoms with Gasteiger partial charge in [-0.2, -0.15) is 4.31 Å². The molecule has 2 aliphatic rings. The summed E-state index contributed by atoms with van der Waals surface area (Å²) in [6, 6.07) is 10.4. The number of carbonyl (C=O) groups excluding carboxylic acids is 1. The van der Waals surface area contributed by atoms with E-state index in [0.717, 1.165) is 11.1 Å². The highest BCUT2D eigenvalue weighted by atomic mass is 32.2. The number of fused-ring (bicyclic) bond motifs is 1. The number of carbonyl (C=O) groups is 1. The first-order valence-electron chi connectivity index (χ1n) is 10.4. The topological polar surface area (TPSA) is 85.4 Å². The maximum Gasteiger partial charge on any atom is 0.246 e. The minimum Gasteiger partial charge on any atom is -0.496 e. The lowest BCUT2D eigenvalue weighted by atomic mass is 10.1. The number of hydrogen-bond donors (Lipinski definition) is 0. The van der Waals surface area contributed by atoms with Crippen LogP contribution in [0.1, 0.15) is 11.1 Å². The van der Waals surface area contributed by atoms with E-state index in [9.17, 15) is 13.2 Å². The van der Waals surface area contributed by atoms with Crippen molar-refractivity contribution in [1.29, 1.82) is 0 Å². The van der Waals surface area contributed by atoms with Gasteiger partial charge in [-0.3, -0.25) is 4.79 Å². The van der Waals surface area contributed by atoms with E-state index >= 15 is 0 Å². The van der Waals surface area contributed by atoms with Crippen LogP contribution in [0, 0.1) is 6.92 Å². The fraction of sp³-hybridized carbons (Fsp3) is 0.348. The molecule has 0 radical (unpaired) electrons. The number of hydrogen-bond acceptors (Lipinski definition) is 6. The molecular weight excluding hydrogens is 432 g/mol. The second-order valence-corrected chi connectivity index (χ2v) is 9.55. The van der Waals surface area contributed by atoms with Crippen LogP contribution in [-0.2, 0) is 14.8 Å². The van der Waals surface area contributed by atoms with Crippen LogP contribution < -0.4 is 14.2 Å². The van der Waals surface area contributed by atoms with Gasteiger partial charge < -0.3 is 19.1 Å². The van der Waals surface area contributed by atoms with Gasteiger partial charge in [-0.25, -0.2) is 8.42 Å². The average Bonchev–Trinajstić information content (AvgIpc) is 2.82. The van der Waals surface area contributed by atoms with E-state index in [0.29, 0.717) is 43.6 Å². The molecule has 170 valence electrons. The second-order valence-electron chi connectivity index (χ2n) is 7.61. The van der Waals surface area contributed by atoms with Crippen molar-refractivity contribution < 1.29 is 27.4 Å². The Kier molecular flexibility index (Phi) is 6.38. The van der Waals surface area contributed by atoms with Crippen molar-refractivity contribution >= 4 is 22.0 Å². The van der Waals surface area contributed by atoms with Crippen LogP contribution in [0.15, 0.2) is 47.4 Å². The van der Waals surface area contributed by atoms with Crippen LogP contribution in [0.5, 0.6) is 17.2 Å². The summed E-state index contributed by atoms with van der Waals surface area (Å²) in [5.41, 5.74) is 1.89. The minimum absolute atomic E-state index is 0.160. The molecule has 0 aromatic heterocycles. The number of benzene rings is 2. The van der Waals surface area contributed by atoms with Gasteiger partial charge in [0.1, 0.15) is 19.0 Å². The van der Waals surface area contributed by atoms with E-state index in [1.54, 1.807) is 24.2 Å². The molecule has 0 atom stereocenters. The molecule has 0 spiro atoms. The Bertz CT molecular complexity index is 1140. The molecule has 1 amide bonds. The standard InChI is InChI=1S/C23H26N2O6S/c1-17-3-6-20(29-2)18(15-17)4-8-23(26)24-9-11-25(12-10-24)32(27,28)19-5-7-21-22(16-19)31-14-13-30-21/h3-8,15-16H,9-14H2,1-2H3/b8-4+. The Morgan fingerprint density at radius 3 is 2.44 bits per heavy atom. The Balaban J connectivity index is 1.40.